The average Bonchev–Trinajstić information content (AvgIpc) is 2.50. The maximum atomic E-state index is 13.9. The molecule has 2 aromatic rings. The van der Waals surface area contributed by atoms with Crippen LogP contribution in [0, 0.1) is 5.82 Å². The predicted molar refractivity (Wildman–Crippen MR) is 87.2 cm³/mol. The predicted octanol–water partition coefficient (Wildman–Crippen LogP) is 1.52. The van der Waals surface area contributed by atoms with Gasteiger partial charge in [-0.25, -0.2) is 17.8 Å². The van der Waals surface area contributed by atoms with E-state index in [0.717, 1.165) is 6.26 Å². The van der Waals surface area contributed by atoms with Crippen LogP contribution in [0.4, 0.5) is 4.39 Å². The van der Waals surface area contributed by atoms with E-state index in [1.54, 1.807) is 6.07 Å². The summed E-state index contributed by atoms with van der Waals surface area (Å²) in [4.78, 5) is 20.4. The lowest BCUT2D eigenvalue weighted by molar-refractivity contribution is 0.237. The first-order valence-corrected chi connectivity index (χ1v) is 9.50. The SMILES string of the molecule is CS(=O)(=O)c1nc2c(c(=O)[nH]1)CN(Cc1c(F)cccc1Cl)CC2. The number of halogens is 2. The molecular formula is C15H15ClFN3O3S. The minimum Gasteiger partial charge on any atom is -0.297 e. The number of rotatable bonds is 3. The number of nitrogens with one attached hydrogen (secondary N) is 1. The van der Waals surface area contributed by atoms with Gasteiger partial charge < -0.3 is 0 Å². The summed E-state index contributed by atoms with van der Waals surface area (Å²) in [6.45, 7) is 1.04. The van der Waals surface area contributed by atoms with Gasteiger partial charge in [-0.15, -0.1) is 0 Å². The fourth-order valence-electron chi connectivity index (χ4n) is 2.68. The second-order valence-corrected chi connectivity index (χ2v) is 8.07. The van der Waals surface area contributed by atoms with Gasteiger partial charge in [0.05, 0.1) is 11.3 Å². The van der Waals surface area contributed by atoms with Crippen LogP contribution in [0.5, 0.6) is 0 Å². The van der Waals surface area contributed by atoms with Crippen LogP contribution < -0.4 is 5.56 Å². The van der Waals surface area contributed by atoms with E-state index in [4.69, 9.17) is 11.6 Å². The van der Waals surface area contributed by atoms with Gasteiger partial charge in [-0.1, -0.05) is 17.7 Å². The summed E-state index contributed by atoms with van der Waals surface area (Å²) in [5, 5.41) is 0.0112. The quantitative estimate of drug-likeness (QED) is 0.827. The Balaban J connectivity index is 1.89. The molecule has 0 spiro atoms. The molecule has 0 bridgehead atoms. The summed E-state index contributed by atoms with van der Waals surface area (Å²) in [5.41, 5.74) is 0.765. The monoisotopic (exact) mass is 371 g/mol. The van der Waals surface area contributed by atoms with Gasteiger partial charge in [0.1, 0.15) is 5.82 Å². The average molecular weight is 372 g/mol. The number of H-pyrrole nitrogens is 1. The van der Waals surface area contributed by atoms with Crippen LogP contribution in [0.3, 0.4) is 0 Å². The van der Waals surface area contributed by atoms with E-state index in [1.807, 2.05) is 4.90 Å². The van der Waals surface area contributed by atoms with Crippen molar-refractivity contribution in [3.8, 4) is 0 Å². The van der Waals surface area contributed by atoms with Crippen molar-refractivity contribution >= 4 is 21.4 Å². The third-order valence-electron chi connectivity index (χ3n) is 3.92. The van der Waals surface area contributed by atoms with Crippen molar-refractivity contribution in [1.29, 1.82) is 0 Å². The molecule has 2 heterocycles. The van der Waals surface area contributed by atoms with E-state index in [-0.39, 0.29) is 18.2 Å². The van der Waals surface area contributed by atoms with Crippen LogP contribution in [0.2, 0.25) is 5.02 Å². The second kappa shape index (κ2) is 6.27. The van der Waals surface area contributed by atoms with Crippen molar-refractivity contribution in [2.45, 2.75) is 24.7 Å². The van der Waals surface area contributed by atoms with Crippen molar-refractivity contribution < 1.29 is 12.8 Å². The molecule has 0 amide bonds. The lowest BCUT2D eigenvalue weighted by Crippen LogP contribution is -2.36. The Morgan fingerprint density at radius 1 is 1.42 bits per heavy atom. The second-order valence-electron chi connectivity index (χ2n) is 5.73. The standard InChI is InChI=1S/C15H15ClFN3O3S/c1-24(22,23)15-18-13-5-6-20(8-10(13)14(21)19-15)7-9-11(16)3-2-4-12(9)17/h2-4H,5-8H2,1H3,(H,18,19,21). The Bertz CT molecular complexity index is 939. The van der Waals surface area contributed by atoms with Gasteiger partial charge in [0.2, 0.25) is 15.0 Å². The first kappa shape index (κ1) is 17.1. The fourth-order valence-corrected chi connectivity index (χ4v) is 3.45. The van der Waals surface area contributed by atoms with Gasteiger partial charge in [0.15, 0.2) is 0 Å². The minimum absolute atomic E-state index is 0.256. The zero-order valence-electron chi connectivity index (χ0n) is 12.8. The molecule has 0 fully saturated rings. The van der Waals surface area contributed by atoms with Crippen molar-refractivity contribution in [3.05, 3.63) is 56.2 Å². The Labute approximate surface area is 143 Å². The summed E-state index contributed by atoms with van der Waals surface area (Å²) in [6, 6.07) is 4.49. The molecule has 1 aliphatic rings. The molecule has 0 saturated carbocycles. The number of sulfone groups is 1. The minimum atomic E-state index is -3.58. The van der Waals surface area contributed by atoms with Crippen LogP contribution in [-0.2, 0) is 29.3 Å². The molecule has 0 aliphatic carbocycles. The molecule has 1 aromatic heterocycles. The molecule has 0 radical (unpaired) electrons. The summed E-state index contributed by atoms with van der Waals surface area (Å²) in [7, 11) is -3.58. The fraction of sp³-hybridized carbons (Fsp3) is 0.333. The van der Waals surface area contributed by atoms with Crippen molar-refractivity contribution in [1.82, 2.24) is 14.9 Å². The van der Waals surface area contributed by atoms with Crippen LogP contribution in [-0.4, -0.2) is 36.1 Å². The molecule has 1 aromatic carbocycles. The normalized spacial score (nSPS) is 15.3. The van der Waals surface area contributed by atoms with E-state index in [1.165, 1.54) is 12.1 Å². The van der Waals surface area contributed by atoms with Crippen LogP contribution in [0.25, 0.3) is 0 Å². The zero-order chi connectivity index (χ0) is 17.5. The van der Waals surface area contributed by atoms with Crippen LogP contribution in [0.15, 0.2) is 28.2 Å². The Kier molecular flexibility index (Phi) is 4.46. The highest BCUT2D eigenvalue weighted by molar-refractivity contribution is 7.90. The number of nitrogens with zero attached hydrogens (tertiary/aromatic N) is 2. The Morgan fingerprint density at radius 3 is 2.83 bits per heavy atom. The molecule has 9 heteroatoms. The van der Waals surface area contributed by atoms with E-state index in [0.29, 0.717) is 34.8 Å². The van der Waals surface area contributed by atoms with Gasteiger partial charge in [0.25, 0.3) is 5.56 Å². The largest absolute Gasteiger partial charge is 0.297 e. The first-order chi connectivity index (χ1) is 11.3. The molecule has 1 aliphatic heterocycles. The Morgan fingerprint density at radius 2 is 2.17 bits per heavy atom. The number of aromatic nitrogens is 2. The van der Waals surface area contributed by atoms with Crippen molar-refractivity contribution in [2.24, 2.45) is 0 Å². The molecule has 128 valence electrons. The summed E-state index contributed by atoms with van der Waals surface area (Å²) in [5.74, 6) is -0.396. The van der Waals surface area contributed by atoms with Crippen LogP contribution >= 0.6 is 11.6 Å². The van der Waals surface area contributed by atoms with Gasteiger partial charge in [0, 0.05) is 42.9 Å². The Hall–Kier alpha value is -1.77. The lowest BCUT2D eigenvalue weighted by Gasteiger charge is -2.28. The molecule has 24 heavy (non-hydrogen) atoms. The van der Waals surface area contributed by atoms with E-state index in [2.05, 4.69) is 9.97 Å². The van der Waals surface area contributed by atoms with Gasteiger partial charge >= 0.3 is 0 Å². The number of benzene rings is 1. The molecular weight excluding hydrogens is 357 g/mol. The van der Waals surface area contributed by atoms with E-state index in [9.17, 15) is 17.6 Å². The molecule has 0 saturated heterocycles. The maximum Gasteiger partial charge on any atom is 0.256 e. The summed E-state index contributed by atoms with van der Waals surface area (Å²) < 4.78 is 37.0. The third-order valence-corrected chi connectivity index (χ3v) is 5.17. The molecule has 1 N–H and O–H groups in total. The van der Waals surface area contributed by atoms with E-state index >= 15 is 0 Å². The van der Waals surface area contributed by atoms with Gasteiger partial charge in [-0.3, -0.25) is 14.7 Å². The van der Waals surface area contributed by atoms with Crippen molar-refractivity contribution in [2.75, 3.05) is 12.8 Å². The summed E-state index contributed by atoms with van der Waals surface area (Å²) >= 11 is 6.04. The molecule has 6 nitrogen and oxygen atoms in total. The lowest BCUT2D eigenvalue weighted by atomic mass is 10.1. The highest BCUT2D eigenvalue weighted by Crippen LogP contribution is 2.23. The van der Waals surface area contributed by atoms with E-state index < -0.39 is 21.2 Å². The number of fused-ring (bicyclic) bond motifs is 1. The van der Waals surface area contributed by atoms with Gasteiger partial charge in [-0.05, 0) is 12.1 Å². The maximum absolute atomic E-state index is 13.9. The highest BCUT2D eigenvalue weighted by Gasteiger charge is 2.24. The third kappa shape index (κ3) is 3.35. The topological polar surface area (TPSA) is 83.1 Å². The van der Waals surface area contributed by atoms with Crippen molar-refractivity contribution in [3.63, 3.8) is 0 Å². The van der Waals surface area contributed by atoms with Crippen LogP contribution in [0.1, 0.15) is 16.8 Å². The smallest absolute Gasteiger partial charge is 0.256 e. The summed E-state index contributed by atoms with van der Waals surface area (Å²) in [6.07, 6.45) is 1.40. The number of aromatic amines is 1. The molecule has 0 unspecified atom stereocenters. The number of hydrogen-bond donors (Lipinski definition) is 1. The van der Waals surface area contributed by atoms with Gasteiger partial charge in [-0.2, -0.15) is 0 Å². The molecule has 3 rings (SSSR count). The molecule has 0 atom stereocenters. The highest BCUT2D eigenvalue weighted by atomic mass is 35.5. The number of hydrogen-bond acceptors (Lipinski definition) is 5. The first-order valence-electron chi connectivity index (χ1n) is 7.23. The zero-order valence-corrected chi connectivity index (χ0v) is 14.4.